The molecule has 1 N–H and O–H groups in total. The van der Waals surface area contributed by atoms with Gasteiger partial charge in [0.25, 0.3) is 0 Å². The normalized spacial score (nSPS) is 33.7. The minimum Gasteiger partial charge on any atom is -0.392 e. The molecule has 0 bridgehead atoms. The minimum atomic E-state index is -0.103. The Balaban J connectivity index is 1.76. The first-order valence-corrected chi connectivity index (χ1v) is 7.35. The number of nitrogens with zero attached hydrogens (tertiary/aromatic N) is 1. The van der Waals surface area contributed by atoms with Gasteiger partial charge in [0.15, 0.2) is 0 Å². The third-order valence-corrected chi connectivity index (χ3v) is 5.00. The lowest BCUT2D eigenvalue weighted by molar-refractivity contribution is 0.0341. The van der Waals surface area contributed by atoms with Gasteiger partial charge in [0.2, 0.25) is 0 Å². The van der Waals surface area contributed by atoms with Crippen LogP contribution in [0.4, 0.5) is 0 Å². The Hall–Kier alpha value is -0.0800. The summed E-state index contributed by atoms with van der Waals surface area (Å²) in [6, 6.07) is 0. The van der Waals surface area contributed by atoms with Crippen molar-refractivity contribution < 1.29 is 5.11 Å². The van der Waals surface area contributed by atoms with E-state index in [1.807, 2.05) is 0 Å². The van der Waals surface area contributed by atoms with Gasteiger partial charge in [-0.3, -0.25) is 0 Å². The molecule has 2 fully saturated rings. The first kappa shape index (κ1) is 13.4. The van der Waals surface area contributed by atoms with Crippen LogP contribution in [0, 0.1) is 17.3 Å². The maximum Gasteiger partial charge on any atom is 0.0631 e. The van der Waals surface area contributed by atoms with Crippen molar-refractivity contribution in [2.24, 2.45) is 17.3 Å². The van der Waals surface area contributed by atoms with Gasteiger partial charge in [-0.1, -0.05) is 26.7 Å². The number of hydrogen-bond donors (Lipinski definition) is 1. The lowest BCUT2D eigenvalue weighted by atomic mass is 9.87. The molecule has 2 heteroatoms. The molecule has 0 spiro atoms. The zero-order chi connectivity index (χ0) is 12.5. The van der Waals surface area contributed by atoms with Crippen LogP contribution in [0.25, 0.3) is 0 Å². The van der Waals surface area contributed by atoms with Crippen LogP contribution in [0.1, 0.15) is 52.4 Å². The fraction of sp³-hybridized carbons (Fsp3) is 1.00. The van der Waals surface area contributed by atoms with Crippen molar-refractivity contribution in [1.29, 1.82) is 0 Å². The molecule has 2 aliphatic rings. The van der Waals surface area contributed by atoms with Crippen molar-refractivity contribution in [1.82, 2.24) is 4.90 Å². The van der Waals surface area contributed by atoms with E-state index in [0.29, 0.717) is 5.92 Å². The Morgan fingerprint density at radius 3 is 2.29 bits per heavy atom. The second-order valence-corrected chi connectivity index (χ2v) is 7.10. The van der Waals surface area contributed by atoms with Crippen LogP contribution >= 0.6 is 0 Å². The number of rotatable bonds is 4. The zero-order valence-electron chi connectivity index (χ0n) is 11.8. The highest BCUT2D eigenvalue weighted by molar-refractivity contribution is 4.92. The van der Waals surface area contributed by atoms with Crippen molar-refractivity contribution >= 4 is 0 Å². The lowest BCUT2D eigenvalue weighted by Gasteiger charge is -2.29. The van der Waals surface area contributed by atoms with E-state index < -0.39 is 0 Å². The number of aliphatic hydroxyl groups is 1. The van der Waals surface area contributed by atoms with Crippen LogP contribution in [-0.2, 0) is 0 Å². The molecule has 0 aromatic carbocycles. The highest BCUT2D eigenvalue weighted by atomic mass is 16.3. The van der Waals surface area contributed by atoms with E-state index >= 15 is 0 Å². The van der Waals surface area contributed by atoms with Gasteiger partial charge in [-0.25, -0.2) is 0 Å². The maximum atomic E-state index is 10.3. The quantitative estimate of drug-likeness (QED) is 0.815. The van der Waals surface area contributed by atoms with Gasteiger partial charge < -0.3 is 10.0 Å². The van der Waals surface area contributed by atoms with Gasteiger partial charge in [-0.15, -0.1) is 0 Å². The van der Waals surface area contributed by atoms with Gasteiger partial charge in [0.05, 0.1) is 6.10 Å². The van der Waals surface area contributed by atoms with Gasteiger partial charge in [-0.05, 0) is 50.0 Å². The number of hydrogen-bond acceptors (Lipinski definition) is 2. The van der Waals surface area contributed by atoms with Crippen LogP contribution in [0.5, 0.6) is 0 Å². The third-order valence-electron chi connectivity index (χ3n) is 5.00. The summed E-state index contributed by atoms with van der Waals surface area (Å²) < 4.78 is 0. The van der Waals surface area contributed by atoms with Gasteiger partial charge >= 0.3 is 0 Å². The molecule has 0 aliphatic heterocycles. The summed E-state index contributed by atoms with van der Waals surface area (Å²) in [5, 5.41) is 10.3. The molecular weight excluding hydrogens is 210 g/mol. The summed E-state index contributed by atoms with van der Waals surface area (Å²) in [5.41, 5.74) is 0.138. The SMILES string of the molecule is CN(CC1CCCC1)CC1CCC(C)(C)C1O. The molecular formula is C15H29NO. The van der Waals surface area contributed by atoms with Crippen LogP contribution in [0.2, 0.25) is 0 Å². The van der Waals surface area contributed by atoms with E-state index in [-0.39, 0.29) is 11.5 Å². The predicted octanol–water partition coefficient (Wildman–Crippen LogP) is 2.91. The summed E-state index contributed by atoms with van der Waals surface area (Å²) in [7, 11) is 2.23. The van der Waals surface area contributed by atoms with Crippen molar-refractivity contribution in [3.05, 3.63) is 0 Å². The van der Waals surface area contributed by atoms with Gasteiger partial charge in [0, 0.05) is 13.1 Å². The summed E-state index contributed by atoms with van der Waals surface area (Å²) in [6.07, 6.45) is 7.97. The van der Waals surface area contributed by atoms with E-state index in [4.69, 9.17) is 0 Å². The Morgan fingerprint density at radius 2 is 1.76 bits per heavy atom. The predicted molar refractivity (Wildman–Crippen MR) is 72.0 cm³/mol. The maximum absolute atomic E-state index is 10.3. The monoisotopic (exact) mass is 239 g/mol. The van der Waals surface area contributed by atoms with E-state index in [0.717, 1.165) is 12.5 Å². The fourth-order valence-electron chi connectivity index (χ4n) is 3.80. The molecule has 2 saturated carbocycles. The number of aliphatic hydroxyl groups excluding tert-OH is 1. The van der Waals surface area contributed by atoms with E-state index in [1.54, 1.807) is 0 Å². The molecule has 0 aromatic heterocycles. The molecule has 0 radical (unpaired) electrons. The second kappa shape index (κ2) is 5.27. The minimum absolute atomic E-state index is 0.103. The van der Waals surface area contributed by atoms with E-state index in [2.05, 4.69) is 25.8 Å². The molecule has 2 rings (SSSR count). The van der Waals surface area contributed by atoms with Crippen molar-refractivity contribution in [3.63, 3.8) is 0 Å². The van der Waals surface area contributed by atoms with E-state index in [9.17, 15) is 5.11 Å². The van der Waals surface area contributed by atoms with Gasteiger partial charge in [-0.2, -0.15) is 0 Å². The first-order valence-electron chi connectivity index (χ1n) is 7.35. The Kier molecular flexibility index (Phi) is 4.14. The molecule has 2 unspecified atom stereocenters. The molecule has 2 atom stereocenters. The fourth-order valence-corrected chi connectivity index (χ4v) is 3.80. The van der Waals surface area contributed by atoms with E-state index in [1.165, 1.54) is 45.1 Å². The van der Waals surface area contributed by atoms with Crippen LogP contribution in [0.3, 0.4) is 0 Å². The van der Waals surface area contributed by atoms with Crippen LogP contribution < -0.4 is 0 Å². The van der Waals surface area contributed by atoms with Gasteiger partial charge in [0.1, 0.15) is 0 Å². The third kappa shape index (κ3) is 3.23. The Bertz CT molecular complexity index is 245. The zero-order valence-corrected chi connectivity index (χ0v) is 11.8. The molecule has 100 valence electrons. The molecule has 0 aromatic rings. The summed E-state index contributed by atoms with van der Waals surface area (Å²) in [6.45, 7) is 6.73. The Morgan fingerprint density at radius 1 is 1.12 bits per heavy atom. The largest absolute Gasteiger partial charge is 0.392 e. The summed E-state index contributed by atoms with van der Waals surface area (Å²) >= 11 is 0. The molecule has 17 heavy (non-hydrogen) atoms. The van der Waals surface area contributed by atoms with Crippen molar-refractivity contribution in [3.8, 4) is 0 Å². The summed E-state index contributed by atoms with van der Waals surface area (Å²) in [5.74, 6) is 1.42. The topological polar surface area (TPSA) is 23.5 Å². The highest BCUT2D eigenvalue weighted by Gasteiger charge is 2.40. The lowest BCUT2D eigenvalue weighted by Crippen LogP contribution is -2.36. The second-order valence-electron chi connectivity index (χ2n) is 7.10. The average Bonchev–Trinajstić information content (AvgIpc) is 2.82. The average molecular weight is 239 g/mol. The molecule has 2 aliphatic carbocycles. The molecule has 0 heterocycles. The van der Waals surface area contributed by atoms with Crippen molar-refractivity contribution in [2.45, 2.75) is 58.5 Å². The highest BCUT2D eigenvalue weighted by Crippen LogP contribution is 2.41. The Labute approximate surface area is 106 Å². The first-order chi connectivity index (χ1) is 7.99. The molecule has 0 saturated heterocycles. The smallest absolute Gasteiger partial charge is 0.0631 e. The standard InChI is InChI=1S/C15H29NO/c1-15(2)9-8-13(14(15)17)11-16(3)10-12-6-4-5-7-12/h12-14,17H,4-11H2,1-3H3. The summed E-state index contributed by atoms with van der Waals surface area (Å²) in [4.78, 5) is 2.46. The van der Waals surface area contributed by atoms with Crippen molar-refractivity contribution in [2.75, 3.05) is 20.1 Å². The molecule has 0 amide bonds. The van der Waals surface area contributed by atoms with Crippen LogP contribution in [-0.4, -0.2) is 36.2 Å². The van der Waals surface area contributed by atoms with Crippen LogP contribution in [0.15, 0.2) is 0 Å². The molecule has 2 nitrogen and oxygen atoms in total.